The highest BCUT2D eigenvalue weighted by molar-refractivity contribution is 5.46. The number of anilines is 1. The number of aromatic nitrogens is 2. The molecule has 2 rings (SSSR count). The highest BCUT2D eigenvalue weighted by atomic mass is 14.9. The molecule has 80 valence electrons. The van der Waals surface area contributed by atoms with E-state index in [2.05, 4.69) is 21.8 Å². The second-order valence-electron chi connectivity index (χ2n) is 3.22. The highest BCUT2D eigenvalue weighted by Crippen LogP contribution is 2.03. The Morgan fingerprint density at radius 3 is 2.59 bits per heavy atom. The number of nitrogens with two attached hydrogens (primary N) is 1. The highest BCUT2D eigenvalue weighted by Gasteiger charge is 2.00. The van der Waals surface area contributed by atoms with Gasteiger partial charge in [0.25, 0.3) is 0 Å². The van der Waals surface area contributed by atoms with Crippen molar-refractivity contribution in [1.82, 2.24) is 9.97 Å². The third-order valence-corrected chi connectivity index (χ3v) is 2.02. The van der Waals surface area contributed by atoms with Crippen LogP contribution in [0.4, 0.5) is 5.82 Å². The van der Waals surface area contributed by atoms with Crippen molar-refractivity contribution in [1.29, 1.82) is 5.26 Å². The Balaban J connectivity index is 2.32. The summed E-state index contributed by atoms with van der Waals surface area (Å²) in [6.45, 7) is 0. The van der Waals surface area contributed by atoms with Gasteiger partial charge in [0, 0.05) is 5.56 Å². The van der Waals surface area contributed by atoms with Crippen LogP contribution in [0.15, 0.2) is 36.5 Å². The quantitative estimate of drug-likeness (QED) is 0.679. The minimum absolute atomic E-state index is 0.102. The van der Waals surface area contributed by atoms with Crippen molar-refractivity contribution in [3.05, 3.63) is 53.5 Å². The third-order valence-electron chi connectivity index (χ3n) is 2.02. The molecule has 0 saturated heterocycles. The molecule has 0 atom stereocenters. The van der Waals surface area contributed by atoms with Crippen LogP contribution in [-0.2, 0) is 0 Å². The Bertz CT molecular complexity index is 630. The number of nitrogens with zero attached hydrogens (tertiary/aromatic N) is 3. The zero-order valence-corrected chi connectivity index (χ0v) is 8.88. The van der Waals surface area contributed by atoms with Gasteiger partial charge >= 0.3 is 0 Å². The maximum Gasteiger partial charge on any atom is 0.184 e. The van der Waals surface area contributed by atoms with Gasteiger partial charge in [-0.25, -0.2) is 9.97 Å². The SMILES string of the molecule is N#Cc1nc(C#Cc2ccccc2)cnc1N. The molecular weight excluding hydrogens is 212 g/mol. The van der Waals surface area contributed by atoms with Crippen molar-refractivity contribution < 1.29 is 0 Å². The molecule has 2 N–H and O–H groups in total. The molecule has 2 aromatic rings. The van der Waals surface area contributed by atoms with Gasteiger partial charge in [0.05, 0.1) is 6.20 Å². The Morgan fingerprint density at radius 1 is 1.12 bits per heavy atom. The standard InChI is InChI=1S/C13H8N4/c14-8-12-13(15)16-9-11(17-12)7-6-10-4-2-1-3-5-10/h1-5,9H,(H2,15,16). The first-order chi connectivity index (χ1) is 8.29. The van der Waals surface area contributed by atoms with Crippen LogP contribution in [0.3, 0.4) is 0 Å². The van der Waals surface area contributed by atoms with E-state index in [9.17, 15) is 0 Å². The van der Waals surface area contributed by atoms with Crippen molar-refractivity contribution in [3.63, 3.8) is 0 Å². The molecule has 0 bridgehead atoms. The zero-order chi connectivity index (χ0) is 12.1. The number of nitriles is 1. The lowest BCUT2D eigenvalue weighted by atomic mass is 10.2. The van der Waals surface area contributed by atoms with Gasteiger partial charge in [-0.3, -0.25) is 0 Å². The van der Waals surface area contributed by atoms with E-state index in [4.69, 9.17) is 11.0 Å². The molecule has 1 aromatic heterocycles. The second kappa shape index (κ2) is 4.78. The summed E-state index contributed by atoms with van der Waals surface area (Å²) in [6.07, 6.45) is 1.45. The summed E-state index contributed by atoms with van der Waals surface area (Å²) in [5, 5.41) is 8.75. The predicted octanol–water partition coefficient (Wildman–Crippen LogP) is 1.33. The summed E-state index contributed by atoms with van der Waals surface area (Å²) >= 11 is 0. The fourth-order valence-corrected chi connectivity index (χ4v) is 1.20. The van der Waals surface area contributed by atoms with Gasteiger partial charge in [-0.15, -0.1) is 0 Å². The lowest BCUT2D eigenvalue weighted by Gasteiger charge is -1.94. The Kier molecular flexibility index (Phi) is 3.00. The number of hydrogen-bond donors (Lipinski definition) is 1. The Hall–Kier alpha value is -2.85. The summed E-state index contributed by atoms with van der Waals surface area (Å²) < 4.78 is 0. The summed E-state index contributed by atoms with van der Waals surface area (Å²) in [5.41, 5.74) is 6.87. The largest absolute Gasteiger partial charge is 0.381 e. The van der Waals surface area contributed by atoms with Crippen LogP contribution in [0.25, 0.3) is 0 Å². The van der Waals surface area contributed by atoms with Gasteiger partial charge < -0.3 is 5.73 Å². The predicted molar refractivity (Wildman–Crippen MR) is 63.6 cm³/mol. The molecule has 0 unspecified atom stereocenters. The average molecular weight is 220 g/mol. The molecule has 0 saturated carbocycles. The molecule has 4 nitrogen and oxygen atoms in total. The van der Waals surface area contributed by atoms with Crippen LogP contribution in [0.1, 0.15) is 17.0 Å². The molecule has 0 aliphatic heterocycles. The molecule has 0 amide bonds. The molecule has 0 radical (unpaired) electrons. The monoisotopic (exact) mass is 220 g/mol. The van der Waals surface area contributed by atoms with E-state index >= 15 is 0 Å². The summed E-state index contributed by atoms with van der Waals surface area (Å²) in [7, 11) is 0. The second-order valence-corrected chi connectivity index (χ2v) is 3.22. The molecule has 1 aromatic carbocycles. The topological polar surface area (TPSA) is 75.6 Å². The molecule has 4 heteroatoms. The molecule has 0 spiro atoms. The van der Waals surface area contributed by atoms with E-state index in [1.807, 2.05) is 36.4 Å². The number of hydrogen-bond acceptors (Lipinski definition) is 4. The first-order valence-corrected chi connectivity index (χ1v) is 4.89. The fraction of sp³-hybridized carbons (Fsp3) is 0. The normalized spacial score (nSPS) is 8.88. The molecule has 0 fully saturated rings. The maximum atomic E-state index is 8.75. The summed E-state index contributed by atoms with van der Waals surface area (Å²) in [5.74, 6) is 5.88. The van der Waals surface area contributed by atoms with E-state index in [1.165, 1.54) is 6.20 Å². The lowest BCUT2D eigenvalue weighted by molar-refractivity contribution is 1.15. The van der Waals surface area contributed by atoms with Gasteiger partial charge in [0.15, 0.2) is 11.5 Å². The Morgan fingerprint density at radius 2 is 1.88 bits per heavy atom. The van der Waals surface area contributed by atoms with Gasteiger partial charge in [-0.05, 0) is 18.1 Å². The number of nitrogen functional groups attached to an aromatic ring is 1. The maximum absolute atomic E-state index is 8.75. The van der Waals surface area contributed by atoms with E-state index < -0.39 is 0 Å². The number of rotatable bonds is 0. The minimum Gasteiger partial charge on any atom is -0.381 e. The third kappa shape index (κ3) is 2.58. The average Bonchev–Trinajstić information content (AvgIpc) is 2.39. The first kappa shape index (κ1) is 10.7. The first-order valence-electron chi connectivity index (χ1n) is 4.89. The summed E-state index contributed by atoms with van der Waals surface area (Å²) in [6, 6.07) is 11.4. The smallest absolute Gasteiger partial charge is 0.184 e. The molecule has 1 heterocycles. The van der Waals surface area contributed by atoms with E-state index in [0.29, 0.717) is 5.69 Å². The van der Waals surface area contributed by atoms with Crippen molar-refractivity contribution >= 4 is 5.82 Å². The van der Waals surface area contributed by atoms with Crippen molar-refractivity contribution in [3.8, 4) is 17.9 Å². The van der Waals surface area contributed by atoms with Crippen LogP contribution in [0, 0.1) is 23.2 Å². The summed E-state index contributed by atoms with van der Waals surface area (Å²) in [4.78, 5) is 7.84. The molecule has 0 aliphatic rings. The van der Waals surface area contributed by atoms with Crippen LogP contribution in [-0.4, -0.2) is 9.97 Å². The minimum atomic E-state index is 0.102. The van der Waals surface area contributed by atoms with Gasteiger partial charge in [-0.2, -0.15) is 5.26 Å². The molecule has 17 heavy (non-hydrogen) atoms. The van der Waals surface area contributed by atoms with Gasteiger partial charge in [-0.1, -0.05) is 24.1 Å². The fourth-order valence-electron chi connectivity index (χ4n) is 1.20. The van der Waals surface area contributed by atoms with Gasteiger partial charge in [0.2, 0.25) is 0 Å². The zero-order valence-electron chi connectivity index (χ0n) is 8.88. The van der Waals surface area contributed by atoms with Crippen molar-refractivity contribution in [2.45, 2.75) is 0 Å². The lowest BCUT2D eigenvalue weighted by Crippen LogP contribution is -1.99. The van der Waals surface area contributed by atoms with E-state index in [0.717, 1.165) is 5.56 Å². The van der Waals surface area contributed by atoms with E-state index in [-0.39, 0.29) is 11.5 Å². The molecule has 0 aliphatic carbocycles. The Labute approximate surface area is 98.8 Å². The van der Waals surface area contributed by atoms with E-state index in [1.54, 1.807) is 0 Å². The molecular formula is C13H8N4. The van der Waals surface area contributed by atoms with Crippen molar-refractivity contribution in [2.75, 3.05) is 5.73 Å². The van der Waals surface area contributed by atoms with Crippen LogP contribution < -0.4 is 5.73 Å². The van der Waals surface area contributed by atoms with Gasteiger partial charge in [0.1, 0.15) is 11.8 Å². The van der Waals surface area contributed by atoms with Crippen LogP contribution >= 0.6 is 0 Å². The van der Waals surface area contributed by atoms with Crippen molar-refractivity contribution in [2.24, 2.45) is 0 Å². The number of benzene rings is 1. The van der Waals surface area contributed by atoms with Crippen LogP contribution in [0.2, 0.25) is 0 Å². The van der Waals surface area contributed by atoms with Crippen LogP contribution in [0.5, 0.6) is 0 Å².